The molecule has 0 amide bonds. The van der Waals surface area contributed by atoms with E-state index in [1.807, 2.05) is 79.7 Å². The molecule has 0 aliphatic heterocycles. The SMILES string of the molecule is C/C=C/CO[Si](OCC[N+](=O)[O-])(c1ccccc1)c1ccccc1. The van der Waals surface area contributed by atoms with Crippen LogP contribution in [0.3, 0.4) is 0 Å². The summed E-state index contributed by atoms with van der Waals surface area (Å²) in [6.07, 6.45) is 3.82. The Labute approximate surface area is 142 Å². The van der Waals surface area contributed by atoms with Crippen LogP contribution in [-0.2, 0) is 8.85 Å². The average Bonchev–Trinajstić information content (AvgIpc) is 2.62. The second-order valence-corrected chi connectivity index (χ2v) is 8.10. The lowest BCUT2D eigenvalue weighted by molar-refractivity contribution is -0.482. The second kappa shape index (κ2) is 9.12. The van der Waals surface area contributed by atoms with Crippen molar-refractivity contribution in [3.05, 3.63) is 82.9 Å². The molecule has 0 bridgehead atoms. The quantitative estimate of drug-likeness (QED) is 0.303. The van der Waals surface area contributed by atoms with E-state index < -0.39 is 8.56 Å². The summed E-state index contributed by atoms with van der Waals surface area (Å²) >= 11 is 0. The Balaban J connectivity index is 2.43. The summed E-state index contributed by atoms with van der Waals surface area (Å²) in [6, 6.07) is 19.4. The molecule has 6 heteroatoms. The molecule has 0 N–H and O–H groups in total. The van der Waals surface area contributed by atoms with Crippen molar-refractivity contribution in [2.24, 2.45) is 0 Å². The summed E-state index contributed by atoms with van der Waals surface area (Å²) in [6.45, 7) is 2.08. The molecular formula is C18H21NO4Si. The van der Waals surface area contributed by atoms with E-state index >= 15 is 0 Å². The number of benzene rings is 2. The van der Waals surface area contributed by atoms with Crippen LogP contribution in [0.4, 0.5) is 0 Å². The van der Waals surface area contributed by atoms with Gasteiger partial charge in [-0.3, -0.25) is 10.1 Å². The van der Waals surface area contributed by atoms with Gasteiger partial charge < -0.3 is 8.85 Å². The molecule has 0 radical (unpaired) electrons. The predicted molar refractivity (Wildman–Crippen MR) is 96.5 cm³/mol. The number of rotatable bonds is 9. The predicted octanol–water partition coefficient (Wildman–Crippen LogP) is 2.13. The van der Waals surface area contributed by atoms with Crippen LogP contribution in [0.2, 0.25) is 0 Å². The zero-order valence-corrected chi connectivity index (χ0v) is 14.6. The van der Waals surface area contributed by atoms with Crippen LogP contribution in [0, 0.1) is 10.1 Å². The van der Waals surface area contributed by atoms with Gasteiger partial charge in [0.2, 0.25) is 6.54 Å². The Morgan fingerprint density at radius 3 is 2.00 bits per heavy atom. The van der Waals surface area contributed by atoms with Crippen LogP contribution in [-0.4, -0.2) is 33.2 Å². The first kappa shape index (κ1) is 18.1. The smallest absolute Gasteiger partial charge is 0.384 e. The van der Waals surface area contributed by atoms with Gasteiger partial charge >= 0.3 is 8.56 Å². The normalized spacial score (nSPS) is 11.7. The molecule has 0 fully saturated rings. The minimum absolute atomic E-state index is 0.0127. The fourth-order valence-electron chi connectivity index (χ4n) is 2.38. The maximum absolute atomic E-state index is 10.7. The molecule has 0 saturated heterocycles. The fourth-order valence-corrected chi connectivity index (χ4v) is 5.44. The van der Waals surface area contributed by atoms with E-state index in [0.29, 0.717) is 6.61 Å². The third-order valence-corrected chi connectivity index (χ3v) is 6.88. The standard InChI is InChI=1S/C18H21NO4Si/c1-2-3-15-22-24(23-16-14-19(20)21,17-10-6-4-7-11-17)18-12-8-5-9-13-18/h2-13H,14-16H2,1H3/b3-2+. The molecular weight excluding hydrogens is 322 g/mol. The van der Waals surface area contributed by atoms with Crippen LogP contribution >= 0.6 is 0 Å². The van der Waals surface area contributed by atoms with Gasteiger partial charge in [0.25, 0.3) is 0 Å². The van der Waals surface area contributed by atoms with Gasteiger partial charge in [-0.15, -0.1) is 0 Å². The monoisotopic (exact) mass is 343 g/mol. The molecule has 0 unspecified atom stereocenters. The van der Waals surface area contributed by atoms with Crippen LogP contribution in [0.15, 0.2) is 72.8 Å². The van der Waals surface area contributed by atoms with Gasteiger partial charge in [-0.1, -0.05) is 72.8 Å². The van der Waals surface area contributed by atoms with Crippen molar-refractivity contribution < 1.29 is 13.8 Å². The molecule has 2 aromatic rings. The van der Waals surface area contributed by atoms with Crippen LogP contribution < -0.4 is 10.4 Å². The van der Waals surface area contributed by atoms with E-state index in [1.54, 1.807) is 0 Å². The number of hydrogen-bond donors (Lipinski definition) is 0. The summed E-state index contributed by atoms with van der Waals surface area (Å²) in [5, 5.41) is 12.6. The highest BCUT2D eigenvalue weighted by atomic mass is 28.4. The van der Waals surface area contributed by atoms with Gasteiger partial charge in [0.1, 0.15) is 6.61 Å². The summed E-state index contributed by atoms with van der Waals surface area (Å²) < 4.78 is 12.3. The molecule has 2 rings (SSSR count). The van der Waals surface area contributed by atoms with E-state index in [-0.39, 0.29) is 18.1 Å². The molecule has 0 atom stereocenters. The Hall–Kier alpha value is -2.28. The van der Waals surface area contributed by atoms with Gasteiger partial charge in [-0.25, -0.2) is 0 Å². The zero-order chi connectivity index (χ0) is 17.3. The molecule has 0 spiro atoms. The lowest BCUT2D eigenvalue weighted by atomic mass is 10.4. The molecule has 0 aromatic heterocycles. The molecule has 0 aliphatic rings. The number of nitro groups is 1. The van der Waals surface area contributed by atoms with Crippen molar-refractivity contribution in [1.29, 1.82) is 0 Å². The van der Waals surface area contributed by atoms with Gasteiger partial charge in [0.05, 0.1) is 6.61 Å². The van der Waals surface area contributed by atoms with Crippen LogP contribution in [0.25, 0.3) is 0 Å². The lowest BCUT2D eigenvalue weighted by Gasteiger charge is -2.30. The third kappa shape index (κ3) is 4.61. The molecule has 24 heavy (non-hydrogen) atoms. The second-order valence-electron chi connectivity index (χ2n) is 5.13. The largest absolute Gasteiger partial charge is 0.407 e. The molecule has 0 saturated carbocycles. The Kier molecular flexibility index (Phi) is 6.86. The van der Waals surface area contributed by atoms with E-state index in [4.69, 9.17) is 8.85 Å². The van der Waals surface area contributed by atoms with Gasteiger partial charge in [-0.05, 0) is 17.3 Å². The molecule has 126 valence electrons. The van der Waals surface area contributed by atoms with Crippen molar-refractivity contribution >= 4 is 18.9 Å². The van der Waals surface area contributed by atoms with E-state index in [2.05, 4.69) is 0 Å². The van der Waals surface area contributed by atoms with Crippen molar-refractivity contribution in [1.82, 2.24) is 0 Å². The van der Waals surface area contributed by atoms with Crippen molar-refractivity contribution in [3.8, 4) is 0 Å². The van der Waals surface area contributed by atoms with Crippen LogP contribution in [0.1, 0.15) is 6.92 Å². The maximum atomic E-state index is 10.7. The molecule has 0 heterocycles. The summed E-state index contributed by atoms with van der Waals surface area (Å²) in [5.41, 5.74) is 0. The first-order chi connectivity index (χ1) is 11.7. The molecule has 2 aromatic carbocycles. The van der Waals surface area contributed by atoms with Crippen molar-refractivity contribution in [3.63, 3.8) is 0 Å². The Bertz CT molecular complexity index is 622. The van der Waals surface area contributed by atoms with E-state index in [0.717, 1.165) is 10.4 Å². The number of hydrogen-bond acceptors (Lipinski definition) is 4. The maximum Gasteiger partial charge on any atom is 0.407 e. The lowest BCUT2D eigenvalue weighted by Crippen LogP contribution is -2.63. The summed E-state index contributed by atoms with van der Waals surface area (Å²) in [7, 11) is -3.01. The zero-order valence-electron chi connectivity index (χ0n) is 13.6. The first-order valence-corrected chi connectivity index (χ1v) is 9.62. The van der Waals surface area contributed by atoms with Crippen molar-refractivity contribution in [2.45, 2.75) is 6.92 Å². The minimum atomic E-state index is -3.01. The summed E-state index contributed by atoms with van der Waals surface area (Å²) in [5.74, 6) is 0. The molecule has 5 nitrogen and oxygen atoms in total. The van der Waals surface area contributed by atoms with E-state index in [9.17, 15) is 10.1 Å². The topological polar surface area (TPSA) is 61.6 Å². The average molecular weight is 343 g/mol. The third-order valence-electron chi connectivity index (χ3n) is 3.51. The molecule has 0 aliphatic carbocycles. The van der Waals surface area contributed by atoms with Gasteiger partial charge in [0, 0.05) is 4.92 Å². The summed E-state index contributed by atoms with van der Waals surface area (Å²) in [4.78, 5) is 10.3. The van der Waals surface area contributed by atoms with Gasteiger partial charge in [0.15, 0.2) is 0 Å². The van der Waals surface area contributed by atoms with E-state index in [1.165, 1.54) is 0 Å². The fraction of sp³-hybridized carbons (Fsp3) is 0.222. The number of allylic oxidation sites excluding steroid dienone is 1. The van der Waals surface area contributed by atoms with Crippen LogP contribution in [0.5, 0.6) is 0 Å². The highest BCUT2D eigenvalue weighted by Crippen LogP contribution is 2.10. The van der Waals surface area contributed by atoms with Gasteiger partial charge in [-0.2, -0.15) is 0 Å². The van der Waals surface area contributed by atoms with Crippen molar-refractivity contribution in [2.75, 3.05) is 19.8 Å². The number of nitrogens with zero attached hydrogens (tertiary/aromatic N) is 1. The highest BCUT2D eigenvalue weighted by molar-refractivity contribution is 6.92. The Morgan fingerprint density at radius 2 is 1.54 bits per heavy atom. The Morgan fingerprint density at radius 1 is 1.00 bits per heavy atom. The first-order valence-electron chi connectivity index (χ1n) is 7.81. The minimum Gasteiger partial charge on any atom is -0.384 e. The highest BCUT2D eigenvalue weighted by Gasteiger charge is 2.42.